The molecule has 0 saturated heterocycles. The van der Waals surface area contributed by atoms with E-state index in [1.165, 1.54) is 5.56 Å². The van der Waals surface area contributed by atoms with Crippen molar-refractivity contribution in [2.45, 2.75) is 51.5 Å². The molecule has 136 valence electrons. The van der Waals surface area contributed by atoms with Crippen LogP contribution in [0.5, 0.6) is 0 Å². The minimum absolute atomic E-state index is 0.0324. The van der Waals surface area contributed by atoms with Crippen LogP contribution in [-0.2, 0) is 17.8 Å². The summed E-state index contributed by atoms with van der Waals surface area (Å²) in [6.45, 7) is 8.84. The molecule has 0 radical (unpaired) electrons. The highest BCUT2D eigenvalue weighted by molar-refractivity contribution is 7.99. The predicted octanol–water partition coefficient (Wildman–Crippen LogP) is 4.72. The lowest BCUT2D eigenvalue weighted by molar-refractivity contribution is -0.0379. The van der Waals surface area contributed by atoms with Crippen molar-refractivity contribution >= 4 is 33.3 Å². The Morgan fingerprint density at radius 2 is 2.04 bits per heavy atom. The molecule has 0 atom stereocenters. The summed E-state index contributed by atoms with van der Waals surface area (Å²) >= 11 is 3.20. The minimum atomic E-state index is -0.251. The zero-order valence-electron chi connectivity index (χ0n) is 15.5. The molecule has 4 nitrogen and oxygen atoms in total. The number of nitrogens with zero attached hydrogens (tertiary/aromatic N) is 2. The Balaban J connectivity index is 2.01. The molecule has 0 spiro atoms. The van der Waals surface area contributed by atoms with Crippen LogP contribution in [0.3, 0.4) is 0 Å². The fourth-order valence-corrected chi connectivity index (χ4v) is 5.20. The van der Waals surface area contributed by atoms with Gasteiger partial charge in [-0.25, -0.2) is 4.98 Å². The van der Waals surface area contributed by atoms with E-state index in [-0.39, 0.29) is 11.2 Å². The Bertz CT molecular complexity index is 1030. The Hall–Kier alpha value is -1.63. The van der Waals surface area contributed by atoms with E-state index in [2.05, 4.69) is 20.8 Å². The van der Waals surface area contributed by atoms with Gasteiger partial charge in [0.2, 0.25) is 0 Å². The topological polar surface area (TPSA) is 44.1 Å². The van der Waals surface area contributed by atoms with Crippen molar-refractivity contribution < 1.29 is 4.74 Å². The number of hydrogen-bond acceptors (Lipinski definition) is 5. The number of benzene rings is 1. The third-order valence-corrected chi connectivity index (χ3v) is 6.56. The minimum Gasteiger partial charge on any atom is -0.370 e. The van der Waals surface area contributed by atoms with Gasteiger partial charge in [0.1, 0.15) is 4.83 Å². The molecular formula is C20H22N2O2S2. The van der Waals surface area contributed by atoms with Crippen molar-refractivity contribution in [1.82, 2.24) is 9.55 Å². The van der Waals surface area contributed by atoms with Crippen molar-refractivity contribution in [1.29, 1.82) is 0 Å². The molecule has 4 rings (SSSR count). The quantitative estimate of drug-likeness (QED) is 0.483. The molecule has 0 saturated carbocycles. The average Bonchev–Trinajstić information content (AvgIpc) is 2.93. The number of thiophene rings is 1. The van der Waals surface area contributed by atoms with Crippen molar-refractivity contribution in [2.24, 2.45) is 0 Å². The second-order valence-electron chi connectivity index (χ2n) is 7.21. The van der Waals surface area contributed by atoms with Gasteiger partial charge >= 0.3 is 0 Å². The van der Waals surface area contributed by atoms with E-state index in [0.717, 1.165) is 43.7 Å². The summed E-state index contributed by atoms with van der Waals surface area (Å²) in [4.78, 5) is 20.4. The molecule has 0 N–H and O–H groups in total. The van der Waals surface area contributed by atoms with E-state index < -0.39 is 0 Å². The molecule has 26 heavy (non-hydrogen) atoms. The first-order valence-corrected chi connectivity index (χ1v) is 10.6. The van der Waals surface area contributed by atoms with E-state index in [0.29, 0.717) is 6.61 Å². The first-order valence-electron chi connectivity index (χ1n) is 8.81. The molecule has 0 unspecified atom stereocenters. The number of aromatic nitrogens is 2. The van der Waals surface area contributed by atoms with E-state index in [1.54, 1.807) is 27.7 Å². The van der Waals surface area contributed by atoms with Crippen LogP contribution in [0.25, 0.3) is 15.9 Å². The fourth-order valence-electron chi connectivity index (χ4n) is 3.32. The van der Waals surface area contributed by atoms with E-state index >= 15 is 0 Å². The zero-order chi connectivity index (χ0) is 18.5. The van der Waals surface area contributed by atoms with Crippen molar-refractivity contribution in [3.8, 4) is 5.69 Å². The second-order valence-corrected chi connectivity index (χ2v) is 9.53. The largest absolute Gasteiger partial charge is 0.370 e. The Kier molecular flexibility index (Phi) is 4.45. The smallest absolute Gasteiger partial charge is 0.267 e. The Morgan fingerprint density at radius 1 is 1.31 bits per heavy atom. The summed E-state index contributed by atoms with van der Waals surface area (Å²) in [7, 11) is 0. The van der Waals surface area contributed by atoms with Gasteiger partial charge < -0.3 is 4.74 Å². The number of aryl methyl sites for hydroxylation is 1. The predicted molar refractivity (Wildman–Crippen MR) is 109 cm³/mol. The maximum atomic E-state index is 13.5. The number of hydrogen-bond donors (Lipinski definition) is 0. The van der Waals surface area contributed by atoms with Crippen LogP contribution in [0.1, 0.15) is 36.8 Å². The molecule has 1 aliphatic rings. The monoisotopic (exact) mass is 386 g/mol. The summed E-state index contributed by atoms with van der Waals surface area (Å²) in [6.07, 6.45) is 0.743. The van der Waals surface area contributed by atoms with E-state index in [4.69, 9.17) is 9.72 Å². The zero-order valence-corrected chi connectivity index (χ0v) is 17.1. The van der Waals surface area contributed by atoms with Gasteiger partial charge in [0.05, 0.1) is 23.3 Å². The standard InChI is InChI=1S/C20H22N2O2S2/c1-5-25-19-21-17-16(14-10-20(3,4)24-11-15(14)26-17)18(23)22(19)13-8-6-12(2)7-9-13/h6-9H,5,10-11H2,1-4H3. The lowest BCUT2D eigenvalue weighted by atomic mass is 9.94. The van der Waals surface area contributed by atoms with Gasteiger partial charge in [0.25, 0.3) is 5.56 Å². The number of fused-ring (bicyclic) bond motifs is 3. The van der Waals surface area contributed by atoms with Crippen molar-refractivity contribution in [2.75, 3.05) is 5.75 Å². The lowest BCUT2D eigenvalue weighted by Crippen LogP contribution is -2.32. The Labute approximate surface area is 161 Å². The second kappa shape index (κ2) is 6.51. The van der Waals surface area contributed by atoms with Gasteiger partial charge in [-0.3, -0.25) is 9.36 Å². The highest BCUT2D eigenvalue weighted by Crippen LogP contribution is 2.37. The van der Waals surface area contributed by atoms with Crippen LogP contribution in [0.2, 0.25) is 0 Å². The summed E-state index contributed by atoms with van der Waals surface area (Å²) in [5, 5.41) is 1.52. The maximum Gasteiger partial charge on any atom is 0.267 e. The SMILES string of the molecule is CCSc1nc2sc3c(c2c(=O)n1-c1ccc(C)cc1)CC(C)(C)OC3. The number of rotatable bonds is 3. The van der Waals surface area contributed by atoms with Gasteiger partial charge in [-0.15, -0.1) is 11.3 Å². The molecule has 0 aliphatic carbocycles. The summed E-state index contributed by atoms with van der Waals surface area (Å²) in [5.41, 5.74) is 2.95. The molecule has 6 heteroatoms. The molecule has 3 aromatic rings. The third kappa shape index (κ3) is 3.00. The fraction of sp³-hybridized carbons (Fsp3) is 0.400. The molecule has 2 aromatic heterocycles. The van der Waals surface area contributed by atoms with E-state index in [1.807, 2.05) is 31.2 Å². The van der Waals surface area contributed by atoms with Crippen molar-refractivity contribution in [3.63, 3.8) is 0 Å². The normalized spacial score (nSPS) is 16.0. The van der Waals surface area contributed by atoms with Crippen LogP contribution in [0, 0.1) is 6.92 Å². The van der Waals surface area contributed by atoms with Gasteiger partial charge in [0.15, 0.2) is 5.16 Å². The molecule has 1 aromatic carbocycles. The van der Waals surface area contributed by atoms with E-state index in [9.17, 15) is 4.79 Å². The first-order chi connectivity index (χ1) is 12.4. The van der Waals surface area contributed by atoms with Gasteiger partial charge in [-0.05, 0) is 44.2 Å². The van der Waals surface area contributed by atoms with Crippen LogP contribution in [0.15, 0.2) is 34.2 Å². The summed E-state index contributed by atoms with van der Waals surface area (Å²) in [5.74, 6) is 0.866. The molecule has 0 bridgehead atoms. The van der Waals surface area contributed by atoms with Gasteiger partial charge in [-0.2, -0.15) is 0 Å². The van der Waals surface area contributed by atoms with Crippen LogP contribution in [0.4, 0.5) is 0 Å². The lowest BCUT2D eigenvalue weighted by Gasteiger charge is -2.29. The van der Waals surface area contributed by atoms with Gasteiger partial charge in [-0.1, -0.05) is 36.4 Å². The highest BCUT2D eigenvalue weighted by Gasteiger charge is 2.31. The maximum absolute atomic E-state index is 13.5. The number of thioether (sulfide) groups is 1. The Morgan fingerprint density at radius 3 is 2.73 bits per heavy atom. The van der Waals surface area contributed by atoms with Crippen LogP contribution >= 0.6 is 23.1 Å². The molecule has 1 aliphatic heterocycles. The van der Waals surface area contributed by atoms with Crippen LogP contribution < -0.4 is 5.56 Å². The van der Waals surface area contributed by atoms with Crippen molar-refractivity contribution in [3.05, 3.63) is 50.6 Å². The molecule has 3 heterocycles. The summed E-state index contributed by atoms with van der Waals surface area (Å²) < 4.78 is 7.70. The molecular weight excluding hydrogens is 364 g/mol. The summed E-state index contributed by atoms with van der Waals surface area (Å²) in [6, 6.07) is 8.06. The highest BCUT2D eigenvalue weighted by atomic mass is 32.2. The first kappa shape index (κ1) is 17.8. The third-order valence-electron chi connectivity index (χ3n) is 4.64. The van der Waals surface area contributed by atoms with Gasteiger partial charge in [0, 0.05) is 11.3 Å². The average molecular weight is 387 g/mol. The molecule has 0 amide bonds. The molecule has 0 fully saturated rings. The number of ether oxygens (including phenoxy) is 1. The van der Waals surface area contributed by atoms with Crippen LogP contribution in [-0.4, -0.2) is 20.9 Å².